The van der Waals surface area contributed by atoms with Crippen LogP contribution in [0.4, 0.5) is 0 Å². The van der Waals surface area contributed by atoms with E-state index in [-0.39, 0.29) is 11.9 Å². The van der Waals surface area contributed by atoms with E-state index in [1.54, 1.807) is 0 Å². The molecule has 0 spiro atoms. The topological polar surface area (TPSA) is 71.2 Å². The van der Waals surface area contributed by atoms with Gasteiger partial charge in [-0.15, -0.1) is 11.3 Å². The molecule has 1 atom stereocenters. The lowest BCUT2D eigenvalue weighted by Gasteiger charge is -2.17. The Labute approximate surface area is 119 Å². The Kier molecular flexibility index (Phi) is 6.97. The van der Waals surface area contributed by atoms with Crippen LogP contribution in [0.1, 0.15) is 37.5 Å². The SMILES string of the molecule is CCN(CC)CCNC(=O)Cc1csc(C(C)N)n1. The number of nitrogens with two attached hydrogens (primary N) is 1. The van der Waals surface area contributed by atoms with Gasteiger partial charge in [0.15, 0.2) is 0 Å². The van der Waals surface area contributed by atoms with Gasteiger partial charge < -0.3 is 16.0 Å². The molecule has 0 radical (unpaired) electrons. The number of likely N-dealkylation sites (N-methyl/N-ethyl adjacent to an activating group) is 1. The summed E-state index contributed by atoms with van der Waals surface area (Å²) in [6.45, 7) is 9.73. The first kappa shape index (κ1) is 16.1. The predicted octanol–water partition coefficient (Wildman–Crippen LogP) is 1.16. The van der Waals surface area contributed by atoms with E-state index in [2.05, 4.69) is 29.0 Å². The van der Waals surface area contributed by atoms with Crippen LogP contribution in [0.15, 0.2) is 5.38 Å². The Hall–Kier alpha value is -0.980. The summed E-state index contributed by atoms with van der Waals surface area (Å²) in [6, 6.07) is -0.0653. The molecule has 0 aliphatic heterocycles. The molecular formula is C13H24N4OS. The third-order valence-corrected chi connectivity index (χ3v) is 4.04. The van der Waals surface area contributed by atoms with Crippen LogP contribution in [0.5, 0.6) is 0 Å². The molecule has 1 amide bonds. The van der Waals surface area contributed by atoms with Gasteiger partial charge in [-0.3, -0.25) is 4.79 Å². The molecule has 108 valence electrons. The molecule has 1 aromatic rings. The van der Waals surface area contributed by atoms with Crippen LogP contribution in [0.25, 0.3) is 0 Å². The fraction of sp³-hybridized carbons (Fsp3) is 0.692. The van der Waals surface area contributed by atoms with Crippen molar-refractivity contribution >= 4 is 17.2 Å². The minimum atomic E-state index is -0.0653. The molecule has 1 aromatic heterocycles. The summed E-state index contributed by atoms with van der Waals surface area (Å²) < 4.78 is 0. The highest BCUT2D eigenvalue weighted by atomic mass is 32.1. The number of hydrogen-bond acceptors (Lipinski definition) is 5. The quantitative estimate of drug-likeness (QED) is 0.751. The summed E-state index contributed by atoms with van der Waals surface area (Å²) >= 11 is 1.51. The maximum atomic E-state index is 11.8. The van der Waals surface area contributed by atoms with Gasteiger partial charge in [-0.25, -0.2) is 4.98 Å². The molecule has 0 fully saturated rings. The van der Waals surface area contributed by atoms with Crippen molar-refractivity contribution in [1.29, 1.82) is 0 Å². The van der Waals surface area contributed by atoms with E-state index in [1.807, 2.05) is 12.3 Å². The van der Waals surface area contributed by atoms with E-state index in [0.29, 0.717) is 13.0 Å². The van der Waals surface area contributed by atoms with Crippen LogP contribution in [0.2, 0.25) is 0 Å². The number of nitrogens with zero attached hydrogens (tertiary/aromatic N) is 2. The van der Waals surface area contributed by atoms with Crippen LogP contribution in [0, 0.1) is 0 Å². The standard InChI is InChI=1S/C13H24N4OS/c1-4-17(5-2)7-6-15-12(18)8-11-9-19-13(16-11)10(3)14/h9-10H,4-8,14H2,1-3H3,(H,15,18). The normalized spacial score (nSPS) is 12.7. The zero-order valence-electron chi connectivity index (χ0n) is 12.0. The second-order valence-electron chi connectivity index (χ2n) is 4.52. The van der Waals surface area contributed by atoms with Crippen molar-refractivity contribution in [1.82, 2.24) is 15.2 Å². The van der Waals surface area contributed by atoms with E-state index in [0.717, 1.165) is 30.3 Å². The minimum absolute atomic E-state index is 0.0219. The maximum absolute atomic E-state index is 11.8. The van der Waals surface area contributed by atoms with Crippen molar-refractivity contribution < 1.29 is 4.79 Å². The van der Waals surface area contributed by atoms with Crippen molar-refractivity contribution in [3.05, 3.63) is 16.1 Å². The lowest BCUT2D eigenvalue weighted by Crippen LogP contribution is -2.35. The van der Waals surface area contributed by atoms with Crippen molar-refractivity contribution in [2.24, 2.45) is 5.73 Å². The predicted molar refractivity (Wildman–Crippen MR) is 79.2 cm³/mol. The van der Waals surface area contributed by atoms with Crippen LogP contribution >= 0.6 is 11.3 Å². The summed E-state index contributed by atoms with van der Waals surface area (Å²) in [5.74, 6) is 0.0219. The molecule has 6 heteroatoms. The first-order chi connectivity index (χ1) is 9.06. The van der Waals surface area contributed by atoms with Gasteiger partial charge in [0.25, 0.3) is 0 Å². The Morgan fingerprint density at radius 2 is 2.21 bits per heavy atom. The number of hydrogen-bond donors (Lipinski definition) is 2. The first-order valence-corrected chi connectivity index (χ1v) is 7.63. The molecule has 0 saturated carbocycles. The van der Waals surface area contributed by atoms with E-state index < -0.39 is 0 Å². The van der Waals surface area contributed by atoms with Gasteiger partial charge >= 0.3 is 0 Å². The molecule has 0 bridgehead atoms. The van der Waals surface area contributed by atoms with Crippen LogP contribution < -0.4 is 11.1 Å². The Bertz CT molecular complexity index is 388. The third kappa shape index (κ3) is 5.67. The summed E-state index contributed by atoms with van der Waals surface area (Å²) in [5, 5.41) is 5.71. The van der Waals surface area contributed by atoms with Crippen molar-refractivity contribution in [3.63, 3.8) is 0 Å². The highest BCUT2D eigenvalue weighted by Crippen LogP contribution is 2.15. The fourth-order valence-electron chi connectivity index (χ4n) is 1.73. The van der Waals surface area contributed by atoms with Crippen molar-refractivity contribution in [3.8, 4) is 0 Å². The van der Waals surface area contributed by atoms with Crippen LogP contribution in [0.3, 0.4) is 0 Å². The van der Waals surface area contributed by atoms with E-state index in [9.17, 15) is 4.79 Å². The maximum Gasteiger partial charge on any atom is 0.226 e. The molecule has 19 heavy (non-hydrogen) atoms. The smallest absolute Gasteiger partial charge is 0.226 e. The van der Waals surface area contributed by atoms with Gasteiger partial charge in [-0.05, 0) is 20.0 Å². The average Bonchev–Trinajstić information content (AvgIpc) is 2.83. The summed E-state index contributed by atoms with van der Waals surface area (Å²) in [4.78, 5) is 18.4. The second kappa shape index (κ2) is 8.24. The molecule has 0 aliphatic rings. The Morgan fingerprint density at radius 3 is 2.74 bits per heavy atom. The lowest BCUT2D eigenvalue weighted by atomic mass is 10.3. The molecular weight excluding hydrogens is 260 g/mol. The van der Waals surface area contributed by atoms with Gasteiger partial charge in [0.2, 0.25) is 5.91 Å². The molecule has 0 aliphatic carbocycles. The van der Waals surface area contributed by atoms with Gasteiger partial charge in [0.05, 0.1) is 18.2 Å². The number of nitrogens with one attached hydrogen (secondary N) is 1. The van der Waals surface area contributed by atoms with Gasteiger partial charge in [0.1, 0.15) is 5.01 Å². The number of carbonyl (C=O) groups is 1. The number of rotatable bonds is 8. The molecule has 0 saturated heterocycles. The first-order valence-electron chi connectivity index (χ1n) is 6.75. The summed E-state index contributed by atoms with van der Waals surface area (Å²) in [7, 11) is 0. The number of aromatic nitrogens is 1. The largest absolute Gasteiger partial charge is 0.354 e. The van der Waals surface area contributed by atoms with Gasteiger partial charge in [0, 0.05) is 18.5 Å². The van der Waals surface area contributed by atoms with E-state index in [1.165, 1.54) is 11.3 Å². The van der Waals surface area contributed by atoms with Crippen molar-refractivity contribution in [2.75, 3.05) is 26.2 Å². The Balaban J connectivity index is 2.30. The summed E-state index contributed by atoms with van der Waals surface area (Å²) in [5.41, 5.74) is 6.55. The number of thiazole rings is 1. The van der Waals surface area contributed by atoms with Crippen LogP contribution in [-0.4, -0.2) is 42.0 Å². The zero-order valence-corrected chi connectivity index (χ0v) is 12.8. The van der Waals surface area contributed by atoms with E-state index >= 15 is 0 Å². The number of amides is 1. The highest BCUT2D eigenvalue weighted by Gasteiger charge is 2.09. The third-order valence-electron chi connectivity index (χ3n) is 2.95. The van der Waals surface area contributed by atoms with Crippen molar-refractivity contribution in [2.45, 2.75) is 33.2 Å². The minimum Gasteiger partial charge on any atom is -0.354 e. The molecule has 1 heterocycles. The van der Waals surface area contributed by atoms with E-state index in [4.69, 9.17) is 5.73 Å². The molecule has 1 rings (SSSR count). The van der Waals surface area contributed by atoms with Gasteiger partial charge in [-0.2, -0.15) is 0 Å². The monoisotopic (exact) mass is 284 g/mol. The fourth-order valence-corrected chi connectivity index (χ4v) is 2.51. The zero-order chi connectivity index (χ0) is 14.3. The molecule has 0 aromatic carbocycles. The molecule has 5 nitrogen and oxygen atoms in total. The molecule has 1 unspecified atom stereocenters. The number of carbonyl (C=O) groups excluding carboxylic acids is 1. The summed E-state index contributed by atoms with van der Waals surface area (Å²) in [6.07, 6.45) is 0.335. The highest BCUT2D eigenvalue weighted by molar-refractivity contribution is 7.09. The average molecular weight is 284 g/mol. The molecule has 3 N–H and O–H groups in total. The Morgan fingerprint density at radius 1 is 1.53 bits per heavy atom. The lowest BCUT2D eigenvalue weighted by molar-refractivity contribution is -0.120. The second-order valence-corrected chi connectivity index (χ2v) is 5.41. The van der Waals surface area contributed by atoms with Gasteiger partial charge in [-0.1, -0.05) is 13.8 Å². The van der Waals surface area contributed by atoms with Crippen LogP contribution in [-0.2, 0) is 11.2 Å².